The third-order valence-electron chi connectivity index (χ3n) is 5.49. The van der Waals surface area contributed by atoms with Crippen LogP contribution >= 0.6 is 0 Å². The molecule has 0 aliphatic heterocycles. The molecule has 4 rings (SSSR count). The van der Waals surface area contributed by atoms with E-state index in [0.29, 0.717) is 60.9 Å². The maximum Gasteiger partial charge on any atom is 0.220 e. The highest BCUT2D eigenvalue weighted by Crippen LogP contribution is 2.41. The number of aliphatic hydroxyl groups is 2. The van der Waals surface area contributed by atoms with Crippen LogP contribution in [-0.2, 0) is 6.54 Å². The zero-order valence-corrected chi connectivity index (χ0v) is 17.6. The number of aromatic amines is 1. The second-order valence-corrected chi connectivity index (χ2v) is 7.50. The summed E-state index contributed by atoms with van der Waals surface area (Å²) in [5, 5.41) is 51.4. The number of aromatic hydroxyl groups is 2. The SMILES string of the molecule is O=c1ccc2c(c1O)c(O)c1c(=NCCNCCO)ccc3c1c2[nH]n3CCNCCO. The highest BCUT2D eigenvalue weighted by Gasteiger charge is 2.21. The van der Waals surface area contributed by atoms with Gasteiger partial charge in [-0.3, -0.25) is 19.6 Å². The smallest absolute Gasteiger partial charge is 0.220 e. The maximum absolute atomic E-state index is 12.1. The van der Waals surface area contributed by atoms with Crippen LogP contribution in [0.2, 0.25) is 0 Å². The van der Waals surface area contributed by atoms with E-state index in [1.165, 1.54) is 6.07 Å². The summed E-state index contributed by atoms with van der Waals surface area (Å²) in [5.74, 6) is -0.677. The van der Waals surface area contributed by atoms with Crippen LogP contribution < -0.4 is 21.4 Å². The van der Waals surface area contributed by atoms with Gasteiger partial charge in [-0.05, 0) is 24.3 Å². The molecule has 7 N–H and O–H groups in total. The van der Waals surface area contributed by atoms with Gasteiger partial charge in [-0.2, -0.15) is 0 Å². The second-order valence-electron chi connectivity index (χ2n) is 7.50. The molecular weight excluding hydrogens is 414 g/mol. The van der Waals surface area contributed by atoms with Gasteiger partial charge in [0.25, 0.3) is 0 Å². The highest BCUT2D eigenvalue weighted by molar-refractivity contribution is 6.23. The zero-order chi connectivity index (χ0) is 22.7. The molecule has 1 heterocycles. The highest BCUT2D eigenvalue weighted by atomic mass is 16.3. The largest absolute Gasteiger partial charge is 0.506 e. The number of rotatable bonds is 10. The number of nitrogens with zero attached hydrogens (tertiary/aromatic N) is 2. The van der Waals surface area contributed by atoms with Crippen LogP contribution in [0.1, 0.15) is 0 Å². The van der Waals surface area contributed by atoms with Crippen molar-refractivity contribution in [1.82, 2.24) is 20.4 Å². The third kappa shape index (κ3) is 3.89. The van der Waals surface area contributed by atoms with Crippen LogP contribution in [0, 0.1) is 0 Å². The molecule has 0 saturated carbocycles. The summed E-state index contributed by atoms with van der Waals surface area (Å²) in [6.07, 6.45) is 0. The zero-order valence-electron chi connectivity index (χ0n) is 17.6. The quantitative estimate of drug-likeness (QED) is 0.130. The van der Waals surface area contributed by atoms with Crippen molar-refractivity contribution in [2.75, 3.05) is 45.9 Å². The van der Waals surface area contributed by atoms with E-state index in [1.54, 1.807) is 12.1 Å². The molecule has 0 radical (unpaired) electrons. The minimum Gasteiger partial charge on any atom is -0.506 e. The van der Waals surface area contributed by atoms with Crippen LogP contribution in [0.3, 0.4) is 0 Å². The Morgan fingerprint density at radius 1 is 0.875 bits per heavy atom. The van der Waals surface area contributed by atoms with Crippen molar-refractivity contribution in [3.05, 3.63) is 39.8 Å². The Labute approximate surface area is 182 Å². The number of hydrogen-bond acceptors (Lipinski definition) is 8. The first-order valence-electron chi connectivity index (χ1n) is 10.6. The molecule has 0 aliphatic rings. The molecule has 170 valence electrons. The summed E-state index contributed by atoms with van der Waals surface area (Å²) >= 11 is 0. The topological polar surface area (TPSA) is 155 Å². The number of hydrogen-bond donors (Lipinski definition) is 7. The minimum atomic E-state index is -0.565. The van der Waals surface area contributed by atoms with E-state index in [1.807, 2.05) is 10.7 Å². The first kappa shape index (κ1) is 22.0. The predicted molar refractivity (Wildman–Crippen MR) is 122 cm³/mol. The summed E-state index contributed by atoms with van der Waals surface area (Å²) in [6.45, 7) is 3.24. The second kappa shape index (κ2) is 9.53. The lowest BCUT2D eigenvalue weighted by atomic mass is 9.99. The van der Waals surface area contributed by atoms with E-state index in [4.69, 9.17) is 10.2 Å². The Balaban J connectivity index is 1.94. The van der Waals surface area contributed by atoms with Crippen LogP contribution in [0.5, 0.6) is 11.5 Å². The molecule has 0 atom stereocenters. The van der Waals surface area contributed by atoms with E-state index >= 15 is 0 Å². The van der Waals surface area contributed by atoms with Gasteiger partial charge in [0.05, 0.1) is 53.5 Å². The molecule has 4 aromatic rings. The number of phenols is 2. The number of phenolic OH excluding ortho intramolecular Hbond substituents is 2. The van der Waals surface area contributed by atoms with Gasteiger partial charge < -0.3 is 31.1 Å². The van der Waals surface area contributed by atoms with Crippen molar-refractivity contribution in [3.63, 3.8) is 0 Å². The number of aromatic nitrogens is 2. The van der Waals surface area contributed by atoms with E-state index < -0.39 is 11.2 Å². The van der Waals surface area contributed by atoms with Crippen LogP contribution in [0.15, 0.2) is 34.1 Å². The van der Waals surface area contributed by atoms with Gasteiger partial charge >= 0.3 is 0 Å². The standard InChI is InChI=1S/C22H27N5O5/c28-11-8-23-5-6-25-14-2-3-15-19-18(14)22(32)17-13(1-4-16(30)21(17)31)20(19)26-27(15)10-7-24-9-12-29/h1-4,23-24,26,28-29,31-32H,5-12H2. The molecule has 0 aliphatic carbocycles. The van der Waals surface area contributed by atoms with Gasteiger partial charge in [-0.15, -0.1) is 0 Å². The third-order valence-corrected chi connectivity index (χ3v) is 5.49. The van der Waals surface area contributed by atoms with Crippen LogP contribution in [-0.4, -0.2) is 76.1 Å². The number of H-pyrrole nitrogens is 1. The molecule has 3 aromatic carbocycles. The minimum absolute atomic E-state index is 0.0409. The monoisotopic (exact) mass is 441 g/mol. The van der Waals surface area contributed by atoms with Gasteiger partial charge in [0, 0.05) is 37.0 Å². The average Bonchev–Trinajstić information content (AvgIpc) is 3.16. The number of benzene rings is 3. The van der Waals surface area contributed by atoms with Crippen LogP contribution in [0.25, 0.3) is 32.6 Å². The molecule has 10 nitrogen and oxygen atoms in total. The molecule has 0 saturated heterocycles. The lowest BCUT2D eigenvalue weighted by Gasteiger charge is -2.09. The summed E-state index contributed by atoms with van der Waals surface area (Å²) in [4.78, 5) is 16.7. The molecular formula is C22H27N5O5. The molecule has 0 unspecified atom stereocenters. The number of fused-ring (bicyclic) bond motifs is 2. The molecule has 32 heavy (non-hydrogen) atoms. The summed E-state index contributed by atoms with van der Waals surface area (Å²) in [6, 6.07) is 6.61. The van der Waals surface area contributed by atoms with E-state index in [2.05, 4.69) is 20.7 Å². The fraction of sp³-hybridized carbons (Fsp3) is 0.364. The first-order chi connectivity index (χ1) is 15.6. The molecule has 0 spiro atoms. The average molecular weight is 441 g/mol. The molecule has 10 heteroatoms. The van der Waals surface area contributed by atoms with E-state index in [-0.39, 0.29) is 24.3 Å². The van der Waals surface area contributed by atoms with Gasteiger partial charge in [0.15, 0.2) is 5.75 Å². The molecule has 0 amide bonds. The van der Waals surface area contributed by atoms with Crippen molar-refractivity contribution in [1.29, 1.82) is 0 Å². The first-order valence-corrected chi connectivity index (χ1v) is 10.6. The van der Waals surface area contributed by atoms with Crippen molar-refractivity contribution in [2.24, 2.45) is 4.99 Å². The lowest BCUT2D eigenvalue weighted by molar-refractivity contribution is 0.291. The Morgan fingerprint density at radius 2 is 1.62 bits per heavy atom. The van der Waals surface area contributed by atoms with Crippen molar-refractivity contribution in [2.45, 2.75) is 6.54 Å². The van der Waals surface area contributed by atoms with Crippen LogP contribution in [0.4, 0.5) is 0 Å². The van der Waals surface area contributed by atoms with E-state index in [9.17, 15) is 15.0 Å². The van der Waals surface area contributed by atoms with Gasteiger partial charge in [0.1, 0.15) is 5.75 Å². The predicted octanol–water partition coefficient (Wildman–Crippen LogP) is -0.450. The normalized spacial score (nSPS) is 12.6. The number of aliphatic hydroxyl groups excluding tert-OH is 2. The number of nitrogens with one attached hydrogen (secondary N) is 3. The molecule has 1 aromatic heterocycles. The Bertz CT molecular complexity index is 1360. The van der Waals surface area contributed by atoms with E-state index in [0.717, 1.165) is 10.9 Å². The lowest BCUT2D eigenvalue weighted by Crippen LogP contribution is -2.23. The van der Waals surface area contributed by atoms with Crippen molar-refractivity contribution in [3.8, 4) is 11.5 Å². The molecule has 0 bridgehead atoms. The fourth-order valence-corrected chi connectivity index (χ4v) is 4.05. The molecule has 0 fully saturated rings. The van der Waals surface area contributed by atoms with Gasteiger partial charge in [-0.25, -0.2) is 0 Å². The van der Waals surface area contributed by atoms with Gasteiger partial charge in [0.2, 0.25) is 5.43 Å². The Kier molecular flexibility index (Phi) is 6.56. The summed E-state index contributed by atoms with van der Waals surface area (Å²) in [7, 11) is 0. The van der Waals surface area contributed by atoms with Crippen molar-refractivity contribution < 1.29 is 20.4 Å². The van der Waals surface area contributed by atoms with Gasteiger partial charge in [-0.1, -0.05) is 0 Å². The summed E-state index contributed by atoms with van der Waals surface area (Å²) in [5.41, 5.74) is 0.974. The fourth-order valence-electron chi connectivity index (χ4n) is 4.05. The van der Waals surface area contributed by atoms with Crippen molar-refractivity contribution >= 4 is 32.6 Å². The Hall–Kier alpha value is -3.18. The Morgan fingerprint density at radius 3 is 2.38 bits per heavy atom. The maximum atomic E-state index is 12.1. The summed E-state index contributed by atoms with van der Waals surface area (Å²) < 4.78 is 1.93.